The summed E-state index contributed by atoms with van der Waals surface area (Å²) >= 11 is 0. The topological polar surface area (TPSA) is 101 Å². The van der Waals surface area contributed by atoms with Crippen molar-refractivity contribution in [2.75, 3.05) is 13.1 Å². The molecule has 0 aliphatic rings. The van der Waals surface area contributed by atoms with Crippen LogP contribution < -0.4 is 15.8 Å². The molecule has 0 atom stereocenters. The molecule has 1 rings (SSSR count). The van der Waals surface area contributed by atoms with Crippen LogP contribution in [0.1, 0.15) is 25.0 Å². The Kier molecular flexibility index (Phi) is 6.80. The number of sulfonamides is 1. The molecule has 7 heteroatoms. The Morgan fingerprint density at radius 3 is 2.43 bits per heavy atom. The van der Waals surface area contributed by atoms with Crippen molar-refractivity contribution in [1.29, 1.82) is 0 Å². The minimum atomic E-state index is -3.57. The Bertz CT molecular complexity index is 571. The van der Waals surface area contributed by atoms with E-state index < -0.39 is 10.0 Å². The van der Waals surface area contributed by atoms with Crippen LogP contribution in [0.4, 0.5) is 0 Å². The molecule has 0 bridgehead atoms. The smallest absolute Gasteiger partial charge is 0.235 e. The molecular formula is C14H23N3O3S. The Morgan fingerprint density at radius 2 is 1.86 bits per heavy atom. The molecule has 1 aromatic carbocycles. The van der Waals surface area contributed by atoms with Crippen LogP contribution in [-0.4, -0.2) is 27.4 Å². The summed E-state index contributed by atoms with van der Waals surface area (Å²) in [6.07, 6.45) is 0. The van der Waals surface area contributed by atoms with Crippen molar-refractivity contribution in [2.24, 2.45) is 11.7 Å². The second kappa shape index (κ2) is 8.11. The Balaban J connectivity index is 2.56. The van der Waals surface area contributed by atoms with Gasteiger partial charge in [-0.2, -0.15) is 0 Å². The first-order valence-electron chi connectivity index (χ1n) is 6.85. The SMILES string of the molecule is CC(C)CNC(=O)CNS(=O)(=O)Cc1ccccc1CN. The number of nitrogens with two attached hydrogens (primary N) is 1. The van der Waals surface area contributed by atoms with Crippen LogP contribution in [0, 0.1) is 5.92 Å². The fraction of sp³-hybridized carbons (Fsp3) is 0.500. The summed E-state index contributed by atoms with van der Waals surface area (Å²) in [6.45, 7) is 4.49. The lowest BCUT2D eigenvalue weighted by atomic mass is 10.1. The highest BCUT2D eigenvalue weighted by atomic mass is 32.2. The predicted molar refractivity (Wildman–Crippen MR) is 82.8 cm³/mol. The molecule has 0 aliphatic heterocycles. The maximum absolute atomic E-state index is 12.0. The third-order valence-corrected chi connectivity index (χ3v) is 4.12. The van der Waals surface area contributed by atoms with Gasteiger partial charge >= 0.3 is 0 Å². The van der Waals surface area contributed by atoms with Crippen molar-refractivity contribution in [1.82, 2.24) is 10.0 Å². The summed E-state index contributed by atoms with van der Waals surface area (Å²) in [5.41, 5.74) is 7.01. The summed E-state index contributed by atoms with van der Waals surface area (Å²) in [6, 6.07) is 7.09. The van der Waals surface area contributed by atoms with Crippen molar-refractivity contribution < 1.29 is 13.2 Å². The van der Waals surface area contributed by atoms with E-state index in [1.54, 1.807) is 18.2 Å². The standard InChI is InChI=1S/C14H23N3O3S/c1-11(2)8-16-14(18)9-17-21(19,20)10-13-6-4-3-5-12(13)7-15/h3-6,11,17H,7-10,15H2,1-2H3,(H,16,18). The van der Waals surface area contributed by atoms with Gasteiger partial charge in [-0.05, 0) is 17.0 Å². The second-order valence-corrected chi connectivity index (χ2v) is 7.06. The molecular weight excluding hydrogens is 290 g/mol. The van der Waals surface area contributed by atoms with E-state index in [2.05, 4.69) is 10.0 Å². The van der Waals surface area contributed by atoms with Crippen molar-refractivity contribution in [3.8, 4) is 0 Å². The second-order valence-electron chi connectivity index (χ2n) is 5.25. The van der Waals surface area contributed by atoms with Gasteiger partial charge < -0.3 is 11.1 Å². The van der Waals surface area contributed by atoms with E-state index in [0.29, 0.717) is 18.0 Å². The van der Waals surface area contributed by atoms with Crippen molar-refractivity contribution in [3.63, 3.8) is 0 Å². The van der Waals surface area contributed by atoms with Crippen LogP contribution in [0.2, 0.25) is 0 Å². The summed E-state index contributed by atoms with van der Waals surface area (Å²) in [7, 11) is -3.57. The molecule has 0 aromatic heterocycles. The highest BCUT2D eigenvalue weighted by molar-refractivity contribution is 7.88. The maximum Gasteiger partial charge on any atom is 0.235 e. The zero-order valence-electron chi connectivity index (χ0n) is 12.4. The third kappa shape index (κ3) is 6.70. The average Bonchev–Trinajstić information content (AvgIpc) is 2.43. The number of nitrogens with one attached hydrogen (secondary N) is 2. The fourth-order valence-electron chi connectivity index (χ4n) is 1.71. The number of hydrogen-bond donors (Lipinski definition) is 3. The first kappa shape index (κ1) is 17.6. The van der Waals surface area contributed by atoms with Gasteiger partial charge in [-0.15, -0.1) is 0 Å². The first-order chi connectivity index (χ1) is 9.84. The Labute approximate surface area is 126 Å². The number of carbonyl (C=O) groups excluding carboxylic acids is 1. The Hall–Kier alpha value is -1.44. The van der Waals surface area contributed by atoms with Gasteiger partial charge in [0.25, 0.3) is 0 Å². The molecule has 4 N–H and O–H groups in total. The van der Waals surface area contributed by atoms with Crippen LogP contribution in [0.3, 0.4) is 0 Å². The zero-order chi connectivity index (χ0) is 15.9. The zero-order valence-corrected chi connectivity index (χ0v) is 13.2. The van der Waals surface area contributed by atoms with E-state index in [9.17, 15) is 13.2 Å². The normalized spacial score (nSPS) is 11.6. The van der Waals surface area contributed by atoms with Crippen molar-refractivity contribution >= 4 is 15.9 Å². The molecule has 0 saturated carbocycles. The summed E-state index contributed by atoms with van der Waals surface area (Å²) < 4.78 is 26.3. The third-order valence-electron chi connectivity index (χ3n) is 2.84. The van der Waals surface area contributed by atoms with E-state index in [1.165, 1.54) is 0 Å². The van der Waals surface area contributed by atoms with Crippen LogP contribution >= 0.6 is 0 Å². The van der Waals surface area contributed by atoms with E-state index in [-0.39, 0.29) is 24.7 Å². The molecule has 1 aromatic rings. The maximum atomic E-state index is 12.0. The van der Waals surface area contributed by atoms with Gasteiger partial charge in [0.05, 0.1) is 12.3 Å². The van der Waals surface area contributed by atoms with Crippen LogP contribution in [0.25, 0.3) is 0 Å². The number of rotatable bonds is 8. The molecule has 0 aliphatic carbocycles. The lowest BCUT2D eigenvalue weighted by Crippen LogP contribution is -2.38. The van der Waals surface area contributed by atoms with Gasteiger partial charge in [0.2, 0.25) is 15.9 Å². The van der Waals surface area contributed by atoms with Gasteiger partial charge in [0.15, 0.2) is 0 Å². The van der Waals surface area contributed by atoms with E-state index in [0.717, 1.165) is 5.56 Å². The van der Waals surface area contributed by atoms with E-state index in [4.69, 9.17) is 5.73 Å². The lowest BCUT2D eigenvalue weighted by Gasteiger charge is -2.11. The molecule has 0 unspecified atom stereocenters. The van der Waals surface area contributed by atoms with Crippen molar-refractivity contribution in [2.45, 2.75) is 26.1 Å². The van der Waals surface area contributed by atoms with Crippen LogP contribution in [-0.2, 0) is 27.1 Å². The number of benzene rings is 1. The first-order valence-corrected chi connectivity index (χ1v) is 8.50. The highest BCUT2D eigenvalue weighted by Gasteiger charge is 2.15. The molecule has 0 fully saturated rings. The van der Waals surface area contributed by atoms with Gasteiger partial charge in [-0.3, -0.25) is 4.79 Å². The number of amides is 1. The largest absolute Gasteiger partial charge is 0.355 e. The van der Waals surface area contributed by atoms with Gasteiger partial charge in [0.1, 0.15) is 0 Å². The molecule has 6 nitrogen and oxygen atoms in total. The quantitative estimate of drug-likeness (QED) is 0.644. The van der Waals surface area contributed by atoms with E-state index in [1.807, 2.05) is 19.9 Å². The molecule has 1 amide bonds. The summed E-state index contributed by atoms with van der Waals surface area (Å²) in [5, 5.41) is 2.66. The van der Waals surface area contributed by atoms with Crippen LogP contribution in [0.15, 0.2) is 24.3 Å². The lowest BCUT2D eigenvalue weighted by molar-refractivity contribution is -0.120. The predicted octanol–water partition coefficient (Wildman–Crippen LogP) is 0.337. The molecule has 118 valence electrons. The number of hydrogen-bond acceptors (Lipinski definition) is 4. The molecule has 0 saturated heterocycles. The highest BCUT2D eigenvalue weighted by Crippen LogP contribution is 2.11. The monoisotopic (exact) mass is 313 g/mol. The molecule has 21 heavy (non-hydrogen) atoms. The summed E-state index contributed by atoms with van der Waals surface area (Å²) in [5.74, 6) is -0.195. The molecule has 0 heterocycles. The minimum Gasteiger partial charge on any atom is -0.355 e. The average molecular weight is 313 g/mol. The van der Waals surface area contributed by atoms with Gasteiger partial charge in [-0.25, -0.2) is 13.1 Å². The van der Waals surface area contributed by atoms with Gasteiger partial charge in [0, 0.05) is 13.1 Å². The number of carbonyl (C=O) groups is 1. The minimum absolute atomic E-state index is 0.183. The summed E-state index contributed by atoms with van der Waals surface area (Å²) in [4.78, 5) is 11.5. The van der Waals surface area contributed by atoms with E-state index >= 15 is 0 Å². The Morgan fingerprint density at radius 1 is 1.24 bits per heavy atom. The van der Waals surface area contributed by atoms with Gasteiger partial charge in [-0.1, -0.05) is 38.1 Å². The molecule has 0 radical (unpaired) electrons. The van der Waals surface area contributed by atoms with Crippen molar-refractivity contribution in [3.05, 3.63) is 35.4 Å². The van der Waals surface area contributed by atoms with Crippen LogP contribution in [0.5, 0.6) is 0 Å². The fourth-order valence-corrected chi connectivity index (χ4v) is 2.85. The molecule has 0 spiro atoms.